The molecule has 4 heteroatoms. The lowest BCUT2D eigenvalue weighted by Gasteiger charge is -2.14. The Kier molecular flexibility index (Phi) is 4.55. The number of ether oxygens (including phenoxy) is 1. The predicted octanol–water partition coefficient (Wildman–Crippen LogP) is 4.51. The quantitative estimate of drug-likeness (QED) is 0.554. The van der Waals surface area contributed by atoms with Gasteiger partial charge in [-0.05, 0) is 30.5 Å². The Morgan fingerprint density at radius 2 is 1.57 bits per heavy atom. The molecule has 0 aliphatic carbocycles. The third kappa shape index (κ3) is 2.93. The van der Waals surface area contributed by atoms with E-state index >= 15 is 0 Å². The number of sulfone groups is 1. The van der Waals surface area contributed by atoms with Gasteiger partial charge in [0, 0.05) is 0 Å². The van der Waals surface area contributed by atoms with Gasteiger partial charge in [0.2, 0.25) is 14.8 Å². The van der Waals surface area contributed by atoms with Crippen molar-refractivity contribution in [1.82, 2.24) is 0 Å². The lowest BCUT2D eigenvalue weighted by Crippen LogP contribution is -2.26. The second-order valence-corrected chi connectivity index (χ2v) is 8.16. The van der Waals surface area contributed by atoms with Crippen molar-refractivity contribution >= 4 is 9.84 Å². The lowest BCUT2D eigenvalue weighted by molar-refractivity contribution is 0.330. The first-order chi connectivity index (χ1) is 11.1. The van der Waals surface area contributed by atoms with Crippen LogP contribution in [0.3, 0.4) is 0 Å². The molecule has 1 aliphatic rings. The second-order valence-electron chi connectivity index (χ2n) is 5.99. The zero-order valence-corrected chi connectivity index (χ0v) is 14.1. The fourth-order valence-corrected chi connectivity index (χ4v) is 5.03. The fraction of sp³-hybridized carbons (Fsp3) is 0.368. The molecule has 0 saturated carbocycles. The number of hydrogen-bond acceptors (Lipinski definition) is 3. The summed E-state index contributed by atoms with van der Waals surface area (Å²) < 4.78 is 32.2. The third-order valence-corrected chi connectivity index (χ3v) is 6.72. The van der Waals surface area contributed by atoms with Crippen LogP contribution < -0.4 is 0 Å². The number of unbranched alkanes of at least 4 members (excludes halogenated alkanes) is 2. The molecule has 0 radical (unpaired) electrons. The van der Waals surface area contributed by atoms with Gasteiger partial charge in [-0.2, -0.15) is 0 Å². The maximum atomic E-state index is 13.2. The van der Waals surface area contributed by atoms with E-state index in [-0.39, 0.29) is 6.10 Å². The van der Waals surface area contributed by atoms with Crippen molar-refractivity contribution in [1.29, 1.82) is 0 Å². The van der Waals surface area contributed by atoms with Gasteiger partial charge in [-0.1, -0.05) is 68.3 Å². The topological polar surface area (TPSA) is 46.7 Å². The standard InChI is InChI=1S/C19H22O3S/c1-2-3-10-15-19(18(22-19)16-11-6-4-7-12-16)23(20,21)17-13-8-5-9-14-17/h4-9,11-14,18H,2-3,10,15H2,1H3. The van der Waals surface area contributed by atoms with Crippen LogP contribution in [-0.2, 0) is 14.6 Å². The highest BCUT2D eigenvalue weighted by Crippen LogP contribution is 2.58. The van der Waals surface area contributed by atoms with E-state index in [1.54, 1.807) is 24.3 Å². The van der Waals surface area contributed by atoms with Crippen LogP contribution >= 0.6 is 0 Å². The predicted molar refractivity (Wildman–Crippen MR) is 90.8 cm³/mol. The van der Waals surface area contributed by atoms with Gasteiger partial charge in [0.05, 0.1) is 4.90 Å². The molecule has 2 aromatic rings. The van der Waals surface area contributed by atoms with E-state index in [1.165, 1.54) is 0 Å². The monoisotopic (exact) mass is 330 g/mol. The fourth-order valence-electron chi connectivity index (χ4n) is 3.06. The average Bonchev–Trinajstić information content (AvgIpc) is 3.33. The van der Waals surface area contributed by atoms with Crippen molar-refractivity contribution in [3.8, 4) is 0 Å². The van der Waals surface area contributed by atoms with Crippen LogP contribution in [0, 0.1) is 0 Å². The third-order valence-electron chi connectivity index (χ3n) is 4.40. The van der Waals surface area contributed by atoms with E-state index in [4.69, 9.17) is 4.74 Å². The minimum Gasteiger partial charge on any atom is -0.343 e. The Labute approximate surface area is 138 Å². The van der Waals surface area contributed by atoms with Crippen molar-refractivity contribution in [3.05, 3.63) is 66.2 Å². The van der Waals surface area contributed by atoms with Crippen LogP contribution in [0.25, 0.3) is 0 Å². The summed E-state index contributed by atoms with van der Waals surface area (Å²) in [5.41, 5.74) is 0.934. The molecule has 0 bridgehead atoms. The van der Waals surface area contributed by atoms with Gasteiger partial charge in [-0.15, -0.1) is 0 Å². The molecule has 2 atom stereocenters. The van der Waals surface area contributed by atoms with Gasteiger partial charge in [-0.3, -0.25) is 0 Å². The Morgan fingerprint density at radius 1 is 0.957 bits per heavy atom. The summed E-state index contributed by atoms with van der Waals surface area (Å²) in [6.45, 7) is 2.11. The van der Waals surface area contributed by atoms with Crippen LogP contribution in [0.2, 0.25) is 0 Å². The van der Waals surface area contributed by atoms with Gasteiger partial charge < -0.3 is 4.74 Å². The maximum absolute atomic E-state index is 13.2. The van der Waals surface area contributed by atoms with Crippen molar-refractivity contribution in [2.24, 2.45) is 0 Å². The van der Waals surface area contributed by atoms with Crippen LogP contribution in [0.5, 0.6) is 0 Å². The molecule has 122 valence electrons. The molecule has 2 aromatic carbocycles. The first-order valence-electron chi connectivity index (χ1n) is 8.14. The number of hydrogen-bond donors (Lipinski definition) is 0. The van der Waals surface area contributed by atoms with Crippen LogP contribution in [0.4, 0.5) is 0 Å². The summed E-state index contributed by atoms with van der Waals surface area (Å²) in [6, 6.07) is 18.3. The molecule has 2 unspecified atom stereocenters. The van der Waals surface area contributed by atoms with E-state index in [1.807, 2.05) is 36.4 Å². The number of rotatable bonds is 7. The van der Waals surface area contributed by atoms with Gasteiger partial charge in [0.25, 0.3) is 0 Å². The van der Waals surface area contributed by atoms with E-state index in [0.29, 0.717) is 11.3 Å². The molecule has 0 N–H and O–H groups in total. The molecule has 0 spiro atoms. The number of epoxide rings is 1. The molecular formula is C19H22O3S. The van der Waals surface area contributed by atoms with E-state index in [9.17, 15) is 8.42 Å². The van der Waals surface area contributed by atoms with Crippen molar-refractivity contribution in [2.45, 2.75) is 48.5 Å². The Balaban J connectivity index is 1.95. The van der Waals surface area contributed by atoms with Crippen LogP contribution in [0.1, 0.15) is 44.3 Å². The lowest BCUT2D eigenvalue weighted by atomic mass is 10.1. The SMILES string of the molecule is CCCCCC1(S(=O)(=O)c2ccccc2)OC1c1ccccc1. The Bertz CT molecular complexity index is 741. The zero-order valence-electron chi connectivity index (χ0n) is 13.3. The highest BCUT2D eigenvalue weighted by molar-refractivity contribution is 7.93. The largest absolute Gasteiger partial charge is 0.343 e. The minimum atomic E-state index is -3.53. The van der Waals surface area contributed by atoms with Crippen molar-refractivity contribution < 1.29 is 13.2 Å². The molecule has 23 heavy (non-hydrogen) atoms. The molecule has 0 amide bonds. The highest BCUT2D eigenvalue weighted by atomic mass is 32.2. The minimum absolute atomic E-state index is 0.343. The zero-order chi connectivity index (χ0) is 16.3. The normalized spacial score (nSPS) is 23.6. The summed E-state index contributed by atoms with van der Waals surface area (Å²) in [4.78, 5) is -0.764. The molecular weight excluding hydrogens is 308 g/mol. The molecule has 1 aliphatic heterocycles. The highest BCUT2D eigenvalue weighted by Gasteiger charge is 2.66. The number of benzene rings is 2. The Hall–Kier alpha value is -1.65. The maximum Gasteiger partial charge on any atom is 0.211 e. The average molecular weight is 330 g/mol. The summed E-state index contributed by atoms with van der Waals surface area (Å²) in [5.74, 6) is 0. The summed E-state index contributed by atoms with van der Waals surface area (Å²) in [7, 11) is -3.53. The molecule has 1 saturated heterocycles. The molecule has 3 nitrogen and oxygen atoms in total. The van der Waals surface area contributed by atoms with Crippen molar-refractivity contribution in [2.75, 3.05) is 0 Å². The smallest absolute Gasteiger partial charge is 0.211 e. The molecule has 0 aromatic heterocycles. The first kappa shape index (κ1) is 16.2. The van der Waals surface area contributed by atoms with Crippen LogP contribution in [-0.4, -0.2) is 13.4 Å². The first-order valence-corrected chi connectivity index (χ1v) is 9.62. The summed E-state index contributed by atoms with van der Waals surface area (Å²) in [6.07, 6.45) is 3.09. The summed E-state index contributed by atoms with van der Waals surface area (Å²) in [5, 5.41) is 0. The van der Waals surface area contributed by atoms with E-state index in [0.717, 1.165) is 24.8 Å². The van der Waals surface area contributed by atoms with Crippen LogP contribution in [0.15, 0.2) is 65.6 Å². The molecule has 3 rings (SSSR count). The Morgan fingerprint density at radius 3 is 2.17 bits per heavy atom. The van der Waals surface area contributed by atoms with Gasteiger partial charge >= 0.3 is 0 Å². The van der Waals surface area contributed by atoms with E-state index in [2.05, 4.69) is 6.92 Å². The van der Waals surface area contributed by atoms with Crippen molar-refractivity contribution in [3.63, 3.8) is 0 Å². The van der Waals surface area contributed by atoms with Gasteiger partial charge in [0.1, 0.15) is 6.10 Å². The summed E-state index contributed by atoms with van der Waals surface area (Å²) >= 11 is 0. The van der Waals surface area contributed by atoms with Gasteiger partial charge in [-0.25, -0.2) is 8.42 Å². The van der Waals surface area contributed by atoms with E-state index < -0.39 is 14.8 Å². The van der Waals surface area contributed by atoms with Gasteiger partial charge in [0.15, 0.2) is 0 Å². The molecule has 1 heterocycles. The molecule has 1 fully saturated rings. The second kappa shape index (κ2) is 6.46.